The molecule has 0 atom stereocenters. The summed E-state index contributed by atoms with van der Waals surface area (Å²) < 4.78 is 0. The Morgan fingerprint density at radius 3 is 2.78 bits per heavy atom. The van der Waals surface area contributed by atoms with E-state index >= 15 is 0 Å². The Balaban J connectivity index is 1.95. The molecule has 6 heteroatoms. The summed E-state index contributed by atoms with van der Waals surface area (Å²) in [5, 5.41) is 9.70. The van der Waals surface area contributed by atoms with Crippen molar-refractivity contribution >= 4 is 22.4 Å². The van der Waals surface area contributed by atoms with Gasteiger partial charge in [0.25, 0.3) is 0 Å². The average Bonchev–Trinajstić information content (AvgIpc) is 2.99. The standard InChI is InChI=1S/C17H25N5S/c1-5-18-16(19-10-14-8-6-7-13(2)9-14)20-11-15-12-23-17(21-15)22(3)4/h6-9,12H,5,10-11H2,1-4H3,(H2,18,19,20). The molecule has 5 nitrogen and oxygen atoms in total. The van der Waals surface area contributed by atoms with Gasteiger partial charge in [-0.2, -0.15) is 0 Å². The van der Waals surface area contributed by atoms with Crippen molar-refractivity contribution in [3.8, 4) is 0 Å². The van der Waals surface area contributed by atoms with Gasteiger partial charge in [0.2, 0.25) is 0 Å². The van der Waals surface area contributed by atoms with Crippen LogP contribution in [-0.2, 0) is 13.1 Å². The highest BCUT2D eigenvalue weighted by Crippen LogP contribution is 2.17. The van der Waals surface area contributed by atoms with E-state index in [-0.39, 0.29) is 0 Å². The molecule has 0 aliphatic rings. The molecule has 2 aromatic rings. The second kappa shape index (κ2) is 8.53. The van der Waals surface area contributed by atoms with Gasteiger partial charge in [-0.1, -0.05) is 29.8 Å². The smallest absolute Gasteiger partial charge is 0.191 e. The number of benzene rings is 1. The number of aliphatic imine (C=N–C) groups is 1. The summed E-state index contributed by atoms with van der Waals surface area (Å²) in [6, 6.07) is 8.43. The van der Waals surface area contributed by atoms with Gasteiger partial charge >= 0.3 is 0 Å². The molecule has 0 amide bonds. The largest absolute Gasteiger partial charge is 0.357 e. The van der Waals surface area contributed by atoms with Crippen molar-refractivity contribution in [3.63, 3.8) is 0 Å². The van der Waals surface area contributed by atoms with E-state index in [1.165, 1.54) is 11.1 Å². The van der Waals surface area contributed by atoms with Crippen molar-refractivity contribution < 1.29 is 0 Å². The summed E-state index contributed by atoms with van der Waals surface area (Å²) in [4.78, 5) is 11.2. The number of aromatic nitrogens is 1. The number of hydrogen-bond acceptors (Lipinski definition) is 4. The Labute approximate surface area is 142 Å². The van der Waals surface area contributed by atoms with E-state index in [2.05, 4.69) is 64.1 Å². The molecule has 0 saturated carbocycles. The lowest BCUT2D eigenvalue weighted by Gasteiger charge is -2.10. The lowest BCUT2D eigenvalue weighted by atomic mass is 10.1. The Bertz CT molecular complexity index is 648. The molecule has 0 bridgehead atoms. The monoisotopic (exact) mass is 331 g/mol. The van der Waals surface area contributed by atoms with E-state index in [0.717, 1.165) is 23.3 Å². The van der Waals surface area contributed by atoms with Crippen LogP contribution in [0.2, 0.25) is 0 Å². The van der Waals surface area contributed by atoms with Gasteiger partial charge in [-0.05, 0) is 19.4 Å². The molecular formula is C17H25N5S. The molecule has 2 rings (SSSR count). The Morgan fingerprint density at radius 2 is 2.13 bits per heavy atom. The molecule has 0 unspecified atom stereocenters. The Morgan fingerprint density at radius 1 is 1.30 bits per heavy atom. The van der Waals surface area contributed by atoms with Gasteiger partial charge in [0.05, 0.1) is 18.8 Å². The highest BCUT2D eigenvalue weighted by Gasteiger charge is 2.04. The van der Waals surface area contributed by atoms with Crippen LogP contribution in [0.1, 0.15) is 23.7 Å². The lowest BCUT2D eigenvalue weighted by molar-refractivity contribution is 0.803. The molecule has 1 aromatic heterocycles. The van der Waals surface area contributed by atoms with Crippen molar-refractivity contribution in [3.05, 3.63) is 46.5 Å². The van der Waals surface area contributed by atoms with Crippen molar-refractivity contribution in [2.45, 2.75) is 26.9 Å². The predicted octanol–water partition coefficient (Wildman–Crippen LogP) is 2.77. The van der Waals surface area contributed by atoms with E-state index in [1.807, 2.05) is 19.0 Å². The van der Waals surface area contributed by atoms with E-state index in [4.69, 9.17) is 0 Å². The van der Waals surface area contributed by atoms with Gasteiger partial charge in [0.15, 0.2) is 11.1 Å². The minimum Gasteiger partial charge on any atom is -0.357 e. The van der Waals surface area contributed by atoms with Crippen LogP contribution < -0.4 is 15.5 Å². The second-order valence-corrected chi connectivity index (χ2v) is 6.39. The number of nitrogens with one attached hydrogen (secondary N) is 2. The highest BCUT2D eigenvalue weighted by molar-refractivity contribution is 7.13. The summed E-state index contributed by atoms with van der Waals surface area (Å²) >= 11 is 1.65. The third-order valence-corrected chi connectivity index (χ3v) is 4.26. The van der Waals surface area contributed by atoms with Crippen molar-refractivity contribution in [1.29, 1.82) is 0 Å². The summed E-state index contributed by atoms with van der Waals surface area (Å²) in [7, 11) is 4.01. The molecule has 0 aliphatic carbocycles. The molecule has 0 radical (unpaired) electrons. The first kappa shape index (κ1) is 17.3. The molecule has 124 valence electrons. The summed E-state index contributed by atoms with van der Waals surface area (Å²) in [5.41, 5.74) is 3.50. The number of thiazole rings is 1. The number of anilines is 1. The van der Waals surface area contributed by atoms with Crippen molar-refractivity contribution in [1.82, 2.24) is 15.6 Å². The highest BCUT2D eigenvalue weighted by atomic mass is 32.1. The van der Waals surface area contributed by atoms with Crippen LogP contribution in [0.3, 0.4) is 0 Å². The van der Waals surface area contributed by atoms with E-state index in [1.54, 1.807) is 11.3 Å². The molecule has 23 heavy (non-hydrogen) atoms. The van der Waals surface area contributed by atoms with E-state index < -0.39 is 0 Å². The van der Waals surface area contributed by atoms with E-state index in [0.29, 0.717) is 13.1 Å². The number of guanidine groups is 1. The molecule has 0 aliphatic heterocycles. The van der Waals surface area contributed by atoms with E-state index in [9.17, 15) is 0 Å². The number of aryl methyl sites for hydroxylation is 1. The number of hydrogen-bond donors (Lipinski definition) is 2. The zero-order valence-electron chi connectivity index (χ0n) is 14.3. The Hall–Kier alpha value is -2.08. The zero-order chi connectivity index (χ0) is 16.7. The summed E-state index contributed by atoms with van der Waals surface area (Å²) in [6.07, 6.45) is 0. The Kier molecular flexibility index (Phi) is 6.40. The van der Waals surface area contributed by atoms with Gasteiger partial charge < -0.3 is 15.5 Å². The fraction of sp³-hybridized carbons (Fsp3) is 0.412. The van der Waals surface area contributed by atoms with Crippen molar-refractivity contribution in [2.24, 2.45) is 4.99 Å². The average molecular weight is 331 g/mol. The molecule has 1 aromatic carbocycles. The first-order valence-electron chi connectivity index (χ1n) is 7.78. The molecule has 0 fully saturated rings. The SMILES string of the molecule is CCNC(=NCc1cccc(C)c1)NCc1csc(N(C)C)n1. The molecule has 2 N–H and O–H groups in total. The van der Waals surface area contributed by atoms with Crippen LogP contribution >= 0.6 is 11.3 Å². The number of nitrogens with zero attached hydrogens (tertiary/aromatic N) is 3. The van der Waals surface area contributed by atoms with Crippen molar-refractivity contribution in [2.75, 3.05) is 25.5 Å². The molecular weight excluding hydrogens is 306 g/mol. The fourth-order valence-electron chi connectivity index (χ4n) is 2.08. The van der Waals surface area contributed by atoms with Gasteiger partial charge in [-0.15, -0.1) is 11.3 Å². The van der Waals surface area contributed by atoms with Gasteiger partial charge in [-0.3, -0.25) is 0 Å². The van der Waals surface area contributed by atoms with Crippen LogP contribution in [0, 0.1) is 6.92 Å². The quantitative estimate of drug-likeness (QED) is 0.631. The summed E-state index contributed by atoms with van der Waals surface area (Å²) in [5.74, 6) is 0.813. The molecule has 0 saturated heterocycles. The topological polar surface area (TPSA) is 52.6 Å². The van der Waals surface area contributed by atoms with Crippen LogP contribution in [0.5, 0.6) is 0 Å². The third kappa shape index (κ3) is 5.56. The maximum atomic E-state index is 4.64. The fourth-order valence-corrected chi connectivity index (χ4v) is 2.84. The minimum atomic E-state index is 0.664. The number of rotatable bonds is 6. The first-order valence-corrected chi connectivity index (χ1v) is 8.66. The lowest BCUT2D eigenvalue weighted by Crippen LogP contribution is -2.36. The second-order valence-electron chi connectivity index (χ2n) is 5.55. The van der Waals surface area contributed by atoms with Crippen LogP contribution in [0.25, 0.3) is 0 Å². The van der Waals surface area contributed by atoms with Crippen LogP contribution in [0.15, 0.2) is 34.6 Å². The predicted molar refractivity (Wildman–Crippen MR) is 99.3 cm³/mol. The first-order chi connectivity index (χ1) is 11.1. The normalized spacial score (nSPS) is 11.4. The maximum Gasteiger partial charge on any atom is 0.191 e. The summed E-state index contributed by atoms with van der Waals surface area (Å²) in [6.45, 7) is 6.33. The van der Waals surface area contributed by atoms with Gasteiger partial charge in [-0.25, -0.2) is 9.98 Å². The zero-order valence-corrected chi connectivity index (χ0v) is 15.1. The van der Waals surface area contributed by atoms with Crippen LogP contribution in [0.4, 0.5) is 5.13 Å². The van der Waals surface area contributed by atoms with Crippen LogP contribution in [-0.4, -0.2) is 31.6 Å². The van der Waals surface area contributed by atoms with Gasteiger partial charge in [0, 0.05) is 26.0 Å². The minimum absolute atomic E-state index is 0.664. The maximum absolute atomic E-state index is 4.64. The molecule has 0 spiro atoms. The third-order valence-electron chi connectivity index (χ3n) is 3.21. The van der Waals surface area contributed by atoms with Gasteiger partial charge in [0.1, 0.15) is 0 Å². The molecule has 1 heterocycles.